The van der Waals surface area contributed by atoms with Crippen molar-refractivity contribution in [3.63, 3.8) is 0 Å². The molecule has 1 rings (SSSR count). The summed E-state index contributed by atoms with van der Waals surface area (Å²) in [5.41, 5.74) is 2.08. The molecule has 1 heteroatoms. The van der Waals surface area contributed by atoms with Crippen molar-refractivity contribution >= 4 is 14.7 Å². The Hall–Kier alpha value is -0.610. The monoisotopic (exact) mass is 178 g/mol. The Morgan fingerprint density at radius 2 is 1.83 bits per heavy atom. The van der Waals surface area contributed by atoms with Crippen molar-refractivity contribution in [1.29, 1.82) is 0 Å². The number of rotatable bonds is 3. The fourth-order valence-corrected chi connectivity index (χ4v) is 1.57. The third kappa shape index (κ3) is 3.69. The van der Waals surface area contributed by atoms with Gasteiger partial charge in [0.2, 0.25) is 0 Å². The summed E-state index contributed by atoms with van der Waals surface area (Å²) in [6.07, 6.45) is 2.19. The topological polar surface area (TPSA) is 0 Å². The van der Waals surface area contributed by atoms with Gasteiger partial charge in [-0.1, -0.05) is 64.7 Å². The van der Waals surface area contributed by atoms with Crippen LogP contribution >= 0.6 is 8.58 Å². The van der Waals surface area contributed by atoms with Gasteiger partial charge in [-0.05, 0) is 11.2 Å². The number of hydrogen-bond donors (Lipinski definition) is 0. The van der Waals surface area contributed by atoms with Gasteiger partial charge >= 0.3 is 0 Å². The first-order valence-electron chi connectivity index (χ1n) is 4.26. The molecule has 0 bridgehead atoms. The normalized spacial score (nSPS) is 12.2. The molecule has 64 valence electrons. The first-order valence-corrected chi connectivity index (χ1v) is 5.42. The van der Waals surface area contributed by atoms with Gasteiger partial charge in [0, 0.05) is 0 Å². The minimum atomic E-state index is 0.782. The highest BCUT2D eigenvalue weighted by molar-refractivity contribution is 7.42. The lowest BCUT2D eigenvalue weighted by Crippen LogP contribution is -1.77. The summed E-state index contributed by atoms with van der Waals surface area (Å²) in [5.74, 6) is 2.26. The minimum Gasteiger partial charge on any atom is -0.0957 e. The maximum absolute atomic E-state index is 2.26. The molecule has 1 unspecified atom stereocenters. The first-order chi connectivity index (χ1) is 5.79. The summed E-state index contributed by atoms with van der Waals surface area (Å²) < 4.78 is 0. The summed E-state index contributed by atoms with van der Waals surface area (Å²) in [7, 11) is 0.934. The minimum absolute atomic E-state index is 0.782. The van der Waals surface area contributed by atoms with Crippen LogP contribution in [-0.4, -0.2) is 5.66 Å². The van der Waals surface area contributed by atoms with E-state index in [1.807, 2.05) is 6.07 Å². The van der Waals surface area contributed by atoms with E-state index in [4.69, 9.17) is 0 Å². The molecule has 1 aromatic carbocycles. The Labute approximate surface area is 76.5 Å². The maximum atomic E-state index is 2.26. The van der Waals surface area contributed by atoms with Gasteiger partial charge in [0.25, 0.3) is 0 Å². The molecule has 0 heterocycles. The zero-order chi connectivity index (χ0) is 8.81. The third-order valence-corrected chi connectivity index (χ3v) is 2.53. The summed E-state index contributed by atoms with van der Waals surface area (Å²) in [6.45, 7) is 4.49. The fraction of sp³-hybridized carbons (Fsp3) is 0.273. The fourth-order valence-electron chi connectivity index (χ4n) is 0.901. The highest BCUT2D eigenvalue weighted by Gasteiger charge is 1.87. The predicted molar refractivity (Wildman–Crippen MR) is 58.9 cm³/mol. The second-order valence-electron chi connectivity index (χ2n) is 3.07. The molecule has 0 saturated carbocycles. The predicted octanol–water partition coefficient (Wildman–Crippen LogP) is 3.74. The zero-order valence-electron chi connectivity index (χ0n) is 7.62. The molecule has 0 nitrogen and oxygen atoms in total. The molecule has 0 aliphatic heterocycles. The third-order valence-electron chi connectivity index (χ3n) is 1.50. The van der Waals surface area contributed by atoms with E-state index in [0.717, 1.165) is 14.2 Å². The molecule has 1 aromatic rings. The summed E-state index contributed by atoms with van der Waals surface area (Å²) in [6, 6.07) is 10.4. The molecule has 0 aliphatic carbocycles. The molecular weight excluding hydrogens is 163 g/mol. The Kier molecular flexibility index (Phi) is 4.04. The van der Waals surface area contributed by atoms with Crippen molar-refractivity contribution in [2.24, 2.45) is 0 Å². The van der Waals surface area contributed by atoms with E-state index in [-0.39, 0.29) is 0 Å². The van der Waals surface area contributed by atoms with Crippen molar-refractivity contribution in [3.8, 4) is 0 Å². The lowest BCUT2D eigenvalue weighted by Gasteiger charge is -1.97. The van der Waals surface area contributed by atoms with Gasteiger partial charge in [0.15, 0.2) is 0 Å². The molecule has 12 heavy (non-hydrogen) atoms. The molecule has 0 N–H and O–H groups in total. The van der Waals surface area contributed by atoms with E-state index in [1.165, 1.54) is 5.56 Å². The van der Waals surface area contributed by atoms with Crippen molar-refractivity contribution in [1.82, 2.24) is 0 Å². The van der Waals surface area contributed by atoms with Gasteiger partial charge in [-0.25, -0.2) is 0 Å². The Morgan fingerprint density at radius 1 is 1.17 bits per heavy atom. The van der Waals surface area contributed by atoms with Crippen LogP contribution in [0.25, 0.3) is 6.08 Å². The van der Waals surface area contributed by atoms with Crippen molar-refractivity contribution in [2.75, 3.05) is 0 Å². The average Bonchev–Trinajstić information content (AvgIpc) is 2.05. The van der Waals surface area contributed by atoms with Crippen molar-refractivity contribution in [3.05, 3.63) is 41.7 Å². The summed E-state index contributed by atoms with van der Waals surface area (Å²) in [5, 5.41) is 0. The van der Waals surface area contributed by atoms with E-state index < -0.39 is 0 Å². The average molecular weight is 178 g/mol. The second kappa shape index (κ2) is 5.11. The zero-order valence-corrected chi connectivity index (χ0v) is 8.62. The van der Waals surface area contributed by atoms with Crippen LogP contribution in [0.4, 0.5) is 0 Å². The standard InChI is InChI=1S/C11H15P/c1-10(2)12-9-8-11-6-4-3-5-7-11/h3-10,12H,1-2H3/b9-8+. The second-order valence-corrected chi connectivity index (χ2v) is 4.89. The van der Waals surface area contributed by atoms with E-state index >= 15 is 0 Å². The highest BCUT2D eigenvalue weighted by atomic mass is 31.1. The van der Waals surface area contributed by atoms with E-state index in [9.17, 15) is 0 Å². The quantitative estimate of drug-likeness (QED) is 0.618. The van der Waals surface area contributed by atoms with Gasteiger partial charge in [-0.3, -0.25) is 0 Å². The SMILES string of the molecule is CC(C)P/C=C/c1ccccc1. The number of hydrogen-bond acceptors (Lipinski definition) is 0. The van der Waals surface area contributed by atoms with Gasteiger partial charge in [-0.15, -0.1) is 0 Å². The largest absolute Gasteiger partial charge is 0.0957 e. The maximum Gasteiger partial charge on any atom is -0.0256 e. The van der Waals surface area contributed by atoms with Crippen LogP contribution in [0.2, 0.25) is 0 Å². The lowest BCUT2D eigenvalue weighted by molar-refractivity contribution is 1.11. The van der Waals surface area contributed by atoms with Crippen LogP contribution in [0.3, 0.4) is 0 Å². The molecule has 0 spiro atoms. The molecular formula is C11H15P. The van der Waals surface area contributed by atoms with Crippen LogP contribution < -0.4 is 0 Å². The Morgan fingerprint density at radius 3 is 2.42 bits per heavy atom. The lowest BCUT2D eigenvalue weighted by atomic mass is 10.2. The van der Waals surface area contributed by atoms with Crippen molar-refractivity contribution in [2.45, 2.75) is 19.5 Å². The Bertz CT molecular complexity index is 236. The first kappa shape index (κ1) is 9.48. The van der Waals surface area contributed by atoms with Crippen molar-refractivity contribution < 1.29 is 0 Å². The van der Waals surface area contributed by atoms with Crippen LogP contribution in [0, 0.1) is 0 Å². The molecule has 1 atom stereocenters. The van der Waals surface area contributed by atoms with Gasteiger partial charge in [0.1, 0.15) is 0 Å². The van der Waals surface area contributed by atoms with Crippen LogP contribution in [-0.2, 0) is 0 Å². The smallest absolute Gasteiger partial charge is 0.0256 e. The highest BCUT2D eigenvalue weighted by Crippen LogP contribution is 2.20. The molecule has 0 radical (unpaired) electrons. The van der Waals surface area contributed by atoms with Crippen LogP contribution in [0.1, 0.15) is 19.4 Å². The van der Waals surface area contributed by atoms with E-state index in [2.05, 4.69) is 50.0 Å². The van der Waals surface area contributed by atoms with Crippen LogP contribution in [0.5, 0.6) is 0 Å². The van der Waals surface area contributed by atoms with Gasteiger partial charge in [-0.2, -0.15) is 0 Å². The molecule has 0 aliphatic rings. The van der Waals surface area contributed by atoms with E-state index in [1.54, 1.807) is 0 Å². The summed E-state index contributed by atoms with van der Waals surface area (Å²) in [4.78, 5) is 0. The molecule has 0 aromatic heterocycles. The molecule has 0 amide bonds. The van der Waals surface area contributed by atoms with Crippen LogP contribution in [0.15, 0.2) is 36.1 Å². The Balaban J connectivity index is 2.47. The van der Waals surface area contributed by atoms with E-state index in [0.29, 0.717) is 0 Å². The molecule has 0 fully saturated rings. The molecule has 0 saturated heterocycles. The number of benzene rings is 1. The summed E-state index contributed by atoms with van der Waals surface area (Å²) >= 11 is 0. The van der Waals surface area contributed by atoms with Gasteiger partial charge in [0.05, 0.1) is 0 Å². The van der Waals surface area contributed by atoms with Gasteiger partial charge < -0.3 is 0 Å².